The molecule has 0 saturated heterocycles. The summed E-state index contributed by atoms with van der Waals surface area (Å²) in [6.45, 7) is 34.1. The highest BCUT2D eigenvalue weighted by Crippen LogP contribution is 2.70. The minimum absolute atomic E-state index is 0.0123. The van der Waals surface area contributed by atoms with Gasteiger partial charge in [0.2, 0.25) is 0 Å². The summed E-state index contributed by atoms with van der Waals surface area (Å²) in [6.07, 6.45) is 23.9. The topological polar surface area (TPSA) is 18.5 Å². The van der Waals surface area contributed by atoms with Gasteiger partial charge in [0.05, 0.1) is 22.3 Å². The molecule has 0 aliphatic heterocycles. The van der Waals surface area contributed by atoms with E-state index in [2.05, 4.69) is 157 Å². The zero-order valence-electron chi connectivity index (χ0n) is 40.1. The van der Waals surface area contributed by atoms with Crippen molar-refractivity contribution in [3.63, 3.8) is 0 Å². The average molecular weight is 813 g/mol. The van der Waals surface area contributed by atoms with Gasteiger partial charge in [0, 0.05) is 22.3 Å². The Balaban J connectivity index is 1.18. The first-order valence-corrected chi connectivity index (χ1v) is 26.9. The first kappa shape index (κ1) is 42.9. The van der Waals surface area contributed by atoms with Crippen molar-refractivity contribution in [1.29, 1.82) is 0 Å². The summed E-state index contributed by atoms with van der Waals surface area (Å²) >= 11 is 0. The average Bonchev–Trinajstić information content (AvgIpc) is 4.09. The van der Waals surface area contributed by atoms with Crippen LogP contribution < -0.4 is 9.47 Å². The summed E-state index contributed by atoms with van der Waals surface area (Å²) in [5, 5.41) is 0. The molecular weight excluding hydrogens is 733 g/mol. The second-order valence-electron chi connectivity index (χ2n) is 24.9. The standard InChI is InChI=1S/C56H80O2Si/c1-53(2,3)45-27-35(28-46(49(45)57-13)54(4,5)6)37-19-17-21-39-43(37)31-41(33-23-24-33)51(39)59(15,16)52-40-22-18-20-38(44(40)32-42(52)34-25-26-34)36-29-47(55(7,8)9)50(58-14)48(30-36)56(10,11)12/h17-22,27-30,33-34,39-44,51-52H,23-26,31-32H2,1-16H3. The third-order valence-electron chi connectivity index (χ3n) is 16.4. The maximum absolute atomic E-state index is 6.26. The second kappa shape index (κ2) is 14.7. The zero-order chi connectivity index (χ0) is 42.8. The number of methoxy groups -OCH3 is 2. The molecule has 2 aromatic carbocycles. The van der Waals surface area contributed by atoms with Gasteiger partial charge in [0.15, 0.2) is 0 Å². The van der Waals surface area contributed by atoms with Crippen LogP contribution in [0.1, 0.15) is 155 Å². The van der Waals surface area contributed by atoms with E-state index < -0.39 is 8.07 Å². The Labute approximate surface area is 361 Å². The predicted octanol–water partition coefficient (Wildman–Crippen LogP) is 15.3. The number of rotatable bonds is 8. The highest BCUT2D eigenvalue weighted by atomic mass is 28.3. The Morgan fingerprint density at radius 1 is 0.492 bits per heavy atom. The van der Waals surface area contributed by atoms with Crippen LogP contribution in [0.25, 0.3) is 11.1 Å². The van der Waals surface area contributed by atoms with Gasteiger partial charge in [-0.1, -0.05) is 133 Å². The Kier molecular flexibility index (Phi) is 10.7. The first-order chi connectivity index (χ1) is 27.5. The van der Waals surface area contributed by atoms with Crippen molar-refractivity contribution in [2.45, 2.75) is 167 Å². The number of allylic oxidation sites excluding steroid dienone is 8. The first-order valence-electron chi connectivity index (χ1n) is 23.7. The van der Waals surface area contributed by atoms with Crippen LogP contribution in [0.4, 0.5) is 0 Å². The molecule has 4 fully saturated rings. The molecule has 2 nitrogen and oxygen atoms in total. The van der Waals surface area contributed by atoms with E-state index in [1.54, 1.807) is 11.1 Å². The van der Waals surface area contributed by atoms with Crippen molar-refractivity contribution < 1.29 is 9.47 Å². The Bertz CT molecular complexity index is 1850. The minimum Gasteiger partial charge on any atom is -0.496 e. The predicted molar refractivity (Wildman–Crippen MR) is 256 cm³/mol. The molecule has 0 aromatic heterocycles. The molecule has 0 N–H and O–H groups in total. The number of hydrogen-bond acceptors (Lipinski definition) is 2. The largest absolute Gasteiger partial charge is 0.496 e. The quantitative estimate of drug-likeness (QED) is 0.247. The summed E-state index contributed by atoms with van der Waals surface area (Å²) < 4.78 is 12.5. The lowest BCUT2D eigenvalue weighted by Crippen LogP contribution is -2.47. The molecule has 3 heteroatoms. The number of ether oxygens (including phenoxy) is 2. The molecule has 0 spiro atoms. The van der Waals surface area contributed by atoms with Gasteiger partial charge in [-0.15, -0.1) is 0 Å². The van der Waals surface area contributed by atoms with Crippen molar-refractivity contribution in [1.82, 2.24) is 0 Å². The van der Waals surface area contributed by atoms with Gasteiger partial charge in [-0.3, -0.25) is 0 Å². The van der Waals surface area contributed by atoms with E-state index in [4.69, 9.17) is 9.47 Å². The smallest absolute Gasteiger partial charge is 0.126 e. The lowest BCUT2D eigenvalue weighted by Gasteiger charge is -2.47. The third kappa shape index (κ3) is 7.62. The van der Waals surface area contributed by atoms with Crippen LogP contribution >= 0.6 is 0 Å². The van der Waals surface area contributed by atoms with Gasteiger partial charge in [0.1, 0.15) is 11.5 Å². The van der Waals surface area contributed by atoms with E-state index in [-0.39, 0.29) is 21.7 Å². The summed E-state index contributed by atoms with van der Waals surface area (Å²) in [6, 6.07) is 10.1. The molecule has 0 bridgehead atoms. The van der Waals surface area contributed by atoms with Crippen molar-refractivity contribution in [2.75, 3.05) is 14.2 Å². The number of hydrogen-bond donors (Lipinski definition) is 0. The maximum atomic E-state index is 6.26. The van der Waals surface area contributed by atoms with Crippen LogP contribution in [-0.4, -0.2) is 22.3 Å². The molecule has 0 amide bonds. The molecule has 0 radical (unpaired) electrons. The highest BCUT2D eigenvalue weighted by molar-refractivity contribution is 6.80. The highest BCUT2D eigenvalue weighted by Gasteiger charge is 2.62. The van der Waals surface area contributed by atoms with Gasteiger partial charge in [-0.05, 0) is 165 Å². The van der Waals surface area contributed by atoms with E-state index >= 15 is 0 Å². The second-order valence-corrected chi connectivity index (χ2v) is 29.9. The SMILES string of the molecule is COc1c(C(C)(C)C)cc(C2=CC=CC3C2CC(C2CC2)C3[Si](C)(C)C2C3C=CC=C(c4cc(C(C)(C)C)c(OC)c(C(C)(C)C)c4)C3CC2C2CC2)cc1C(C)(C)C. The molecule has 4 saturated carbocycles. The Morgan fingerprint density at radius 3 is 1.05 bits per heavy atom. The molecule has 59 heavy (non-hydrogen) atoms. The van der Waals surface area contributed by atoms with E-state index in [1.165, 1.54) is 71.9 Å². The van der Waals surface area contributed by atoms with Crippen molar-refractivity contribution in [2.24, 2.45) is 47.3 Å². The van der Waals surface area contributed by atoms with E-state index in [9.17, 15) is 0 Å². The van der Waals surface area contributed by atoms with Gasteiger partial charge in [-0.25, -0.2) is 0 Å². The van der Waals surface area contributed by atoms with Crippen molar-refractivity contribution in [3.8, 4) is 11.5 Å². The number of fused-ring (bicyclic) bond motifs is 2. The molecule has 8 unspecified atom stereocenters. The maximum Gasteiger partial charge on any atom is 0.126 e. The number of benzene rings is 2. The van der Waals surface area contributed by atoms with Crippen LogP contribution in [0, 0.1) is 47.3 Å². The monoisotopic (exact) mass is 813 g/mol. The normalized spacial score (nSPS) is 29.9. The fourth-order valence-electron chi connectivity index (χ4n) is 13.5. The molecule has 8 atom stereocenters. The lowest BCUT2D eigenvalue weighted by molar-refractivity contribution is 0.381. The third-order valence-corrected chi connectivity index (χ3v) is 21.5. The summed E-state index contributed by atoms with van der Waals surface area (Å²) in [4.78, 5) is 0. The molecular formula is C56H80O2Si. The lowest BCUT2D eigenvalue weighted by atomic mass is 9.74. The summed E-state index contributed by atoms with van der Waals surface area (Å²) in [5.74, 6) is 8.13. The summed E-state index contributed by atoms with van der Waals surface area (Å²) in [5.41, 5.74) is 13.0. The van der Waals surface area contributed by atoms with E-state index in [0.29, 0.717) is 23.7 Å². The van der Waals surface area contributed by atoms with Crippen molar-refractivity contribution in [3.05, 3.63) is 94.1 Å². The molecule has 8 rings (SSSR count). The molecule has 2 aromatic rings. The Hall–Kier alpha value is -2.78. The van der Waals surface area contributed by atoms with Gasteiger partial charge in [0.25, 0.3) is 0 Å². The van der Waals surface area contributed by atoms with Gasteiger partial charge >= 0.3 is 0 Å². The van der Waals surface area contributed by atoms with Crippen LogP contribution in [0.2, 0.25) is 24.2 Å². The van der Waals surface area contributed by atoms with Gasteiger partial charge in [-0.2, -0.15) is 0 Å². The zero-order valence-corrected chi connectivity index (χ0v) is 41.1. The van der Waals surface area contributed by atoms with Crippen LogP contribution in [-0.2, 0) is 21.7 Å². The van der Waals surface area contributed by atoms with E-state index in [1.807, 2.05) is 14.2 Å². The van der Waals surface area contributed by atoms with Crippen LogP contribution in [0.15, 0.2) is 60.7 Å². The molecule has 6 aliphatic carbocycles. The molecule has 320 valence electrons. The van der Waals surface area contributed by atoms with Gasteiger partial charge < -0.3 is 9.47 Å². The molecule has 0 heterocycles. The minimum atomic E-state index is -1.88. The van der Waals surface area contributed by atoms with Crippen LogP contribution in [0.5, 0.6) is 11.5 Å². The van der Waals surface area contributed by atoms with Crippen LogP contribution in [0.3, 0.4) is 0 Å². The fourth-order valence-corrected chi connectivity index (χ4v) is 19.6. The fraction of sp³-hybridized carbons (Fsp3) is 0.643. The Morgan fingerprint density at radius 2 is 0.797 bits per heavy atom. The molecule has 6 aliphatic rings. The van der Waals surface area contributed by atoms with E-state index in [0.717, 1.165) is 46.3 Å². The van der Waals surface area contributed by atoms with Crippen molar-refractivity contribution >= 4 is 19.2 Å². The summed E-state index contributed by atoms with van der Waals surface area (Å²) in [7, 11) is 1.87.